The van der Waals surface area contributed by atoms with Crippen molar-refractivity contribution in [2.45, 2.75) is 0 Å². The van der Waals surface area contributed by atoms with Gasteiger partial charge < -0.3 is 4.57 Å². The molecule has 0 saturated heterocycles. The van der Waals surface area contributed by atoms with Gasteiger partial charge >= 0.3 is 0 Å². The van der Waals surface area contributed by atoms with Crippen molar-refractivity contribution in [3.63, 3.8) is 0 Å². The number of ketones is 1. The molecule has 1 heterocycles. The number of benzene rings is 1. The fourth-order valence-corrected chi connectivity index (χ4v) is 2.25. The summed E-state index contributed by atoms with van der Waals surface area (Å²) in [6.07, 6.45) is 2.75. The molecule has 0 atom stereocenters. The summed E-state index contributed by atoms with van der Waals surface area (Å²) in [6, 6.07) is 7.51. The van der Waals surface area contributed by atoms with E-state index in [0.29, 0.717) is 5.56 Å². The van der Waals surface area contributed by atoms with Gasteiger partial charge in [0.05, 0.1) is 12.8 Å². The van der Waals surface area contributed by atoms with Gasteiger partial charge in [0.1, 0.15) is 0 Å². The summed E-state index contributed by atoms with van der Waals surface area (Å²) < 4.78 is 26.0. The number of aryl methyl sites for hydroxylation is 1. The lowest BCUT2D eigenvalue weighted by Crippen LogP contribution is -2.28. The van der Waals surface area contributed by atoms with Gasteiger partial charge in [0.25, 0.3) is 0 Å². The number of nitrogens with zero attached hydrogens (tertiary/aromatic N) is 1. The van der Waals surface area contributed by atoms with Crippen LogP contribution in [0, 0.1) is 0 Å². The van der Waals surface area contributed by atoms with Crippen molar-refractivity contribution >= 4 is 26.7 Å². The summed E-state index contributed by atoms with van der Waals surface area (Å²) in [5, 5.41) is 0.834. The minimum Gasteiger partial charge on any atom is -0.350 e. The van der Waals surface area contributed by atoms with Gasteiger partial charge in [-0.3, -0.25) is 4.79 Å². The second-order valence-corrected chi connectivity index (χ2v) is 6.02. The summed E-state index contributed by atoms with van der Waals surface area (Å²) in [5.41, 5.74) is 1.48. The average Bonchev–Trinajstić information content (AvgIpc) is 2.64. The van der Waals surface area contributed by atoms with E-state index in [1.165, 1.54) is 0 Å². The van der Waals surface area contributed by atoms with Crippen LogP contribution in [0.25, 0.3) is 10.9 Å². The molecular formula is C12H14N2O3S. The van der Waals surface area contributed by atoms with Crippen LogP contribution in [0.5, 0.6) is 0 Å². The highest BCUT2D eigenvalue weighted by molar-refractivity contribution is 7.88. The number of carbonyl (C=O) groups is 1. The molecule has 0 bridgehead atoms. The molecule has 6 heteroatoms. The molecule has 0 aliphatic rings. The quantitative estimate of drug-likeness (QED) is 0.836. The average molecular weight is 266 g/mol. The Morgan fingerprint density at radius 3 is 2.67 bits per heavy atom. The van der Waals surface area contributed by atoms with Crippen molar-refractivity contribution in [3.8, 4) is 0 Å². The Hall–Kier alpha value is -1.66. The molecule has 0 aliphatic carbocycles. The number of hydrogen-bond acceptors (Lipinski definition) is 3. The van der Waals surface area contributed by atoms with Crippen LogP contribution in [0.4, 0.5) is 0 Å². The molecule has 2 aromatic rings. The number of para-hydroxylation sites is 1. The molecule has 0 fully saturated rings. The van der Waals surface area contributed by atoms with Gasteiger partial charge in [-0.1, -0.05) is 18.2 Å². The molecule has 0 amide bonds. The van der Waals surface area contributed by atoms with Crippen LogP contribution in [0.3, 0.4) is 0 Å². The predicted octanol–water partition coefficient (Wildman–Crippen LogP) is 0.910. The molecule has 1 N–H and O–H groups in total. The van der Waals surface area contributed by atoms with E-state index in [9.17, 15) is 13.2 Å². The summed E-state index contributed by atoms with van der Waals surface area (Å²) in [4.78, 5) is 12.0. The number of Topliss-reactive ketones (excluding diaryl/α,β-unsaturated/α-hetero) is 1. The summed E-state index contributed by atoms with van der Waals surface area (Å²) in [5.74, 6) is -0.239. The van der Waals surface area contributed by atoms with E-state index in [1.807, 2.05) is 35.9 Å². The van der Waals surface area contributed by atoms with Gasteiger partial charge in [-0.15, -0.1) is 0 Å². The van der Waals surface area contributed by atoms with Crippen LogP contribution in [0.1, 0.15) is 10.4 Å². The van der Waals surface area contributed by atoms with E-state index in [0.717, 1.165) is 17.2 Å². The number of rotatable bonds is 4. The number of fused-ring (bicyclic) bond motifs is 1. The van der Waals surface area contributed by atoms with E-state index >= 15 is 0 Å². The van der Waals surface area contributed by atoms with Gasteiger partial charge in [0.15, 0.2) is 5.78 Å². The SMILES string of the molecule is Cn1cc(C(=O)CNS(C)(=O)=O)c2ccccc21. The van der Waals surface area contributed by atoms with Crippen molar-refractivity contribution in [3.05, 3.63) is 36.0 Å². The predicted molar refractivity (Wildman–Crippen MR) is 70.1 cm³/mol. The first kappa shape index (κ1) is 12.8. The summed E-state index contributed by atoms with van der Waals surface area (Å²) >= 11 is 0. The van der Waals surface area contributed by atoms with Gasteiger partial charge in [-0.05, 0) is 6.07 Å². The molecule has 0 saturated carbocycles. The second-order valence-electron chi connectivity index (χ2n) is 4.19. The standard InChI is InChI=1S/C12H14N2O3S/c1-14-8-10(9-5-3-4-6-11(9)14)12(15)7-13-18(2,16)17/h3-6,8,13H,7H2,1-2H3. The molecule has 0 radical (unpaired) electrons. The topological polar surface area (TPSA) is 68.2 Å². The Bertz CT molecular complexity index is 701. The lowest BCUT2D eigenvalue weighted by Gasteiger charge is -2.00. The van der Waals surface area contributed by atoms with Crippen LogP contribution in [0.15, 0.2) is 30.5 Å². The van der Waals surface area contributed by atoms with E-state index < -0.39 is 10.0 Å². The second kappa shape index (κ2) is 4.55. The highest BCUT2D eigenvalue weighted by atomic mass is 32.2. The molecule has 18 heavy (non-hydrogen) atoms. The summed E-state index contributed by atoms with van der Waals surface area (Å²) in [6.45, 7) is -0.215. The number of carbonyl (C=O) groups excluding carboxylic acids is 1. The molecule has 0 spiro atoms. The molecule has 1 aromatic heterocycles. The Labute approximate surface area is 105 Å². The van der Waals surface area contributed by atoms with Crippen LogP contribution < -0.4 is 4.72 Å². The Morgan fingerprint density at radius 1 is 1.33 bits per heavy atom. The smallest absolute Gasteiger partial charge is 0.209 e. The van der Waals surface area contributed by atoms with Crippen molar-refractivity contribution in [1.29, 1.82) is 0 Å². The van der Waals surface area contributed by atoms with Crippen molar-refractivity contribution in [2.75, 3.05) is 12.8 Å². The lowest BCUT2D eigenvalue weighted by atomic mass is 10.1. The molecular weight excluding hydrogens is 252 g/mol. The van der Waals surface area contributed by atoms with Gasteiger partial charge in [-0.25, -0.2) is 13.1 Å². The third kappa shape index (κ3) is 2.60. The van der Waals surface area contributed by atoms with Crippen LogP contribution in [-0.4, -0.2) is 31.6 Å². The highest BCUT2D eigenvalue weighted by Crippen LogP contribution is 2.20. The number of hydrogen-bond donors (Lipinski definition) is 1. The van der Waals surface area contributed by atoms with Gasteiger partial charge in [0, 0.05) is 29.7 Å². The third-order valence-corrected chi connectivity index (χ3v) is 3.36. The largest absolute Gasteiger partial charge is 0.350 e. The minimum absolute atomic E-state index is 0.215. The van der Waals surface area contributed by atoms with Crippen molar-refractivity contribution in [1.82, 2.24) is 9.29 Å². The molecule has 5 nitrogen and oxygen atoms in total. The summed E-state index contributed by atoms with van der Waals surface area (Å²) in [7, 11) is -1.50. The zero-order valence-electron chi connectivity index (χ0n) is 10.2. The third-order valence-electron chi connectivity index (χ3n) is 2.69. The van der Waals surface area contributed by atoms with Crippen LogP contribution in [0.2, 0.25) is 0 Å². The van der Waals surface area contributed by atoms with E-state index in [1.54, 1.807) is 6.20 Å². The monoisotopic (exact) mass is 266 g/mol. The van der Waals surface area contributed by atoms with Crippen LogP contribution in [-0.2, 0) is 17.1 Å². The zero-order chi connectivity index (χ0) is 13.3. The van der Waals surface area contributed by atoms with Crippen molar-refractivity contribution < 1.29 is 13.2 Å². The maximum absolute atomic E-state index is 12.0. The maximum atomic E-state index is 12.0. The number of aromatic nitrogens is 1. The molecule has 1 aromatic carbocycles. The van der Waals surface area contributed by atoms with Gasteiger partial charge in [-0.2, -0.15) is 0 Å². The molecule has 0 unspecified atom stereocenters. The van der Waals surface area contributed by atoms with Gasteiger partial charge in [0.2, 0.25) is 10.0 Å². The first-order chi connectivity index (χ1) is 8.38. The maximum Gasteiger partial charge on any atom is 0.209 e. The Morgan fingerprint density at radius 2 is 2.00 bits per heavy atom. The normalized spacial score (nSPS) is 11.9. The minimum atomic E-state index is -3.35. The number of nitrogens with one attached hydrogen (secondary N) is 1. The first-order valence-electron chi connectivity index (χ1n) is 5.40. The van der Waals surface area contributed by atoms with E-state index in [-0.39, 0.29) is 12.3 Å². The lowest BCUT2D eigenvalue weighted by molar-refractivity contribution is 0.0998. The Balaban J connectivity index is 2.34. The Kier molecular flexibility index (Phi) is 3.23. The van der Waals surface area contributed by atoms with Crippen LogP contribution >= 0.6 is 0 Å². The molecule has 96 valence electrons. The number of sulfonamides is 1. The van der Waals surface area contributed by atoms with E-state index in [2.05, 4.69) is 4.72 Å². The van der Waals surface area contributed by atoms with Crippen molar-refractivity contribution in [2.24, 2.45) is 7.05 Å². The highest BCUT2D eigenvalue weighted by Gasteiger charge is 2.14. The fourth-order valence-electron chi connectivity index (χ4n) is 1.86. The molecule has 2 rings (SSSR count). The first-order valence-corrected chi connectivity index (χ1v) is 7.29. The zero-order valence-corrected chi connectivity index (χ0v) is 11.0. The van der Waals surface area contributed by atoms with E-state index in [4.69, 9.17) is 0 Å². The molecule has 0 aliphatic heterocycles. The fraction of sp³-hybridized carbons (Fsp3) is 0.250.